The Balaban J connectivity index is 1.63. The minimum Gasteiger partial charge on any atom is -0.494 e. The second-order valence-corrected chi connectivity index (χ2v) is 7.42. The molecule has 0 unspecified atom stereocenters. The van der Waals surface area contributed by atoms with Gasteiger partial charge in [0.2, 0.25) is 5.91 Å². The summed E-state index contributed by atoms with van der Waals surface area (Å²) in [6.45, 7) is 3.35. The van der Waals surface area contributed by atoms with Gasteiger partial charge in [-0.05, 0) is 43.0 Å². The SMILES string of the molecule is CCOc1ccccc1CCCNC(=O)CSCc1ccccc1Br. The molecular formula is C20H24BrNO2S. The molecule has 0 heterocycles. The van der Waals surface area contributed by atoms with E-state index >= 15 is 0 Å². The van der Waals surface area contributed by atoms with E-state index in [2.05, 4.69) is 33.4 Å². The molecule has 0 bridgehead atoms. The van der Waals surface area contributed by atoms with Crippen LogP contribution in [0.3, 0.4) is 0 Å². The number of thioether (sulfide) groups is 1. The van der Waals surface area contributed by atoms with Crippen molar-refractivity contribution in [2.45, 2.75) is 25.5 Å². The van der Waals surface area contributed by atoms with E-state index in [0.717, 1.165) is 28.8 Å². The molecule has 2 aromatic carbocycles. The molecule has 0 aliphatic rings. The maximum absolute atomic E-state index is 11.9. The lowest BCUT2D eigenvalue weighted by molar-refractivity contribution is -0.118. The molecule has 5 heteroatoms. The zero-order valence-electron chi connectivity index (χ0n) is 14.5. The van der Waals surface area contributed by atoms with Gasteiger partial charge in [-0.1, -0.05) is 52.3 Å². The van der Waals surface area contributed by atoms with Crippen molar-refractivity contribution in [3.8, 4) is 5.75 Å². The van der Waals surface area contributed by atoms with Gasteiger partial charge in [0.1, 0.15) is 5.75 Å². The fourth-order valence-electron chi connectivity index (χ4n) is 2.43. The number of carbonyl (C=O) groups is 1. The average molecular weight is 422 g/mol. The molecule has 2 rings (SSSR count). The number of ether oxygens (including phenoxy) is 1. The molecule has 0 spiro atoms. The molecule has 0 aliphatic heterocycles. The van der Waals surface area contributed by atoms with Crippen LogP contribution < -0.4 is 10.1 Å². The highest BCUT2D eigenvalue weighted by molar-refractivity contribution is 9.10. The van der Waals surface area contributed by atoms with Gasteiger partial charge in [-0.2, -0.15) is 0 Å². The predicted octanol–water partition coefficient (Wildman–Crippen LogP) is 4.83. The van der Waals surface area contributed by atoms with Gasteiger partial charge in [-0.3, -0.25) is 4.79 Å². The standard InChI is InChI=1S/C20H24BrNO2S/c1-2-24-19-12-6-4-8-16(19)10-7-13-22-20(23)15-25-14-17-9-3-5-11-18(17)21/h3-6,8-9,11-12H,2,7,10,13-15H2,1H3,(H,22,23). The van der Waals surface area contributed by atoms with E-state index in [1.807, 2.05) is 43.3 Å². The lowest BCUT2D eigenvalue weighted by Gasteiger charge is -2.10. The average Bonchev–Trinajstić information content (AvgIpc) is 2.62. The topological polar surface area (TPSA) is 38.3 Å². The van der Waals surface area contributed by atoms with Crippen molar-refractivity contribution < 1.29 is 9.53 Å². The lowest BCUT2D eigenvalue weighted by atomic mass is 10.1. The van der Waals surface area contributed by atoms with Gasteiger partial charge in [-0.15, -0.1) is 11.8 Å². The summed E-state index contributed by atoms with van der Waals surface area (Å²) in [6, 6.07) is 16.2. The van der Waals surface area contributed by atoms with E-state index in [9.17, 15) is 4.79 Å². The molecule has 0 saturated carbocycles. The van der Waals surface area contributed by atoms with Crippen molar-refractivity contribution in [2.75, 3.05) is 18.9 Å². The van der Waals surface area contributed by atoms with Gasteiger partial charge in [0.25, 0.3) is 0 Å². The van der Waals surface area contributed by atoms with E-state index in [0.29, 0.717) is 18.9 Å². The zero-order chi connectivity index (χ0) is 17.9. The number of amides is 1. The van der Waals surface area contributed by atoms with Crippen molar-refractivity contribution in [2.24, 2.45) is 0 Å². The number of benzene rings is 2. The molecular weight excluding hydrogens is 398 g/mol. The Bertz CT molecular complexity index is 678. The smallest absolute Gasteiger partial charge is 0.230 e. The van der Waals surface area contributed by atoms with E-state index in [1.165, 1.54) is 11.1 Å². The second kappa shape index (κ2) is 11.2. The molecule has 0 aliphatic carbocycles. The van der Waals surface area contributed by atoms with Gasteiger partial charge >= 0.3 is 0 Å². The van der Waals surface area contributed by atoms with Crippen LogP contribution in [-0.4, -0.2) is 24.8 Å². The molecule has 0 fully saturated rings. The van der Waals surface area contributed by atoms with Crippen LogP contribution in [0.5, 0.6) is 5.75 Å². The minimum absolute atomic E-state index is 0.0927. The van der Waals surface area contributed by atoms with Crippen LogP contribution in [0.25, 0.3) is 0 Å². The highest BCUT2D eigenvalue weighted by Gasteiger charge is 2.05. The molecule has 1 amide bonds. The zero-order valence-corrected chi connectivity index (χ0v) is 16.9. The Morgan fingerprint density at radius 1 is 1.12 bits per heavy atom. The van der Waals surface area contributed by atoms with Crippen molar-refractivity contribution in [3.63, 3.8) is 0 Å². The van der Waals surface area contributed by atoms with Crippen LogP contribution in [0.4, 0.5) is 0 Å². The predicted molar refractivity (Wildman–Crippen MR) is 109 cm³/mol. The molecule has 0 aromatic heterocycles. The van der Waals surface area contributed by atoms with E-state index in [1.54, 1.807) is 11.8 Å². The Hall–Kier alpha value is -1.46. The molecule has 0 saturated heterocycles. The summed E-state index contributed by atoms with van der Waals surface area (Å²) in [5, 5.41) is 2.99. The Labute approximate surface area is 162 Å². The van der Waals surface area contributed by atoms with Crippen LogP contribution in [0.15, 0.2) is 53.0 Å². The molecule has 0 atom stereocenters. The van der Waals surface area contributed by atoms with E-state index in [-0.39, 0.29) is 5.91 Å². The quantitative estimate of drug-likeness (QED) is 0.558. The van der Waals surface area contributed by atoms with Crippen LogP contribution in [0, 0.1) is 0 Å². The Morgan fingerprint density at radius 3 is 2.60 bits per heavy atom. The maximum atomic E-state index is 11.9. The largest absolute Gasteiger partial charge is 0.494 e. The molecule has 134 valence electrons. The summed E-state index contributed by atoms with van der Waals surface area (Å²) in [5.41, 5.74) is 2.41. The summed E-state index contributed by atoms with van der Waals surface area (Å²) < 4.78 is 6.72. The maximum Gasteiger partial charge on any atom is 0.230 e. The molecule has 1 N–H and O–H groups in total. The van der Waals surface area contributed by atoms with Gasteiger partial charge < -0.3 is 10.1 Å². The van der Waals surface area contributed by atoms with Crippen molar-refractivity contribution in [1.82, 2.24) is 5.32 Å². The first kappa shape index (κ1) is 19.9. The number of hydrogen-bond donors (Lipinski definition) is 1. The summed E-state index contributed by atoms with van der Waals surface area (Å²) >= 11 is 5.16. The fraction of sp³-hybridized carbons (Fsp3) is 0.350. The molecule has 2 aromatic rings. The Morgan fingerprint density at radius 2 is 1.84 bits per heavy atom. The highest BCUT2D eigenvalue weighted by atomic mass is 79.9. The van der Waals surface area contributed by atoms with Gasteiger partial charge in [0.15, 0.2) is 0 Å². The second-order valence-electron chi connectivity index (χ2n) is 5.58. The molecule has 25 heavy (non-hydrogen) atoms. The van der Waals surface area contributed by atoms with Gasteiger partial charge in [0, 0.05) is 16.8 Å². The first-order chi connectivity index (χ1) is 12.2. The highest BCUT2D eigenvalue weighted by Crippen LogP contribution is 2.21. The van der Waals surface area contributed by atoms with Crippen molar-refractivity contribution >= 4 is 33.6 Å². The third-order valence-electron chi connectivity index (χ3n) is 3.67. The number of para-hydroxylation sites is 1. The molecule has 0 radical (unpaired) electrons. The van der Waals surface area contributed by atoms with Crippen LogP contribution in [0.1, 0.15) is 24.5 Å². The number of carbonyl (C=O) groups excluding carboxylic acids is 1. The van der Waals surface area contributed by atoms with Crippen molar-refractivity contribution in [3.05, 3.63) is 64.1 Å². The normalized spacial score (nSPS) is 10.5. The molecule has 3 nitrogen and oxygen atoms in total. The van der Waals surface area contributed by atoms with Crippen LogP contribution >= 0.6 is 27.7 Å². The van der Waals surface area contributed by atoms with Gasteiger partial charge in [-0.25, -0.2) is 0 Å². The number of rotatable bonds is 10. The minimum atomic E-state index is 0.0927. The van der Waals surface area contributed by atoms with Crippen LogP contribution in [0.2, 0.25) is 0 Å². The third-order valence-corrected chi connectivity index (χ3v) is 5.42. The first-order valence-electron chi connectivity index (χ1n) is 8.49. The fourth-order valence-corrected chi connectivity index (χ4v) is 3.91. The summed E-state index contributed by atoms with van der Waals surface area (Å²) in [6.07, 6.45) is 1.81. The summed E-state index contributed by atoms with van der Waals surface area (Å²) in [5.74, 6) is 2.35. The lowest BCUT2D eigenvalue weighted by Crippen LogP contribution is -2.26. The summed E-state index contributed by atoms with van der Waals surface area (Å²) in [4.78, 5) is 11.9. The van der Waals surface area contributed by atoms with Crippen molar-refractivity contribution in [1.29, 1.82) is 0 Å². The number of aryl methyl sites for hydroxylation is 1. The first-order valence-corrected chi connectivity index (χ1v) is 10.4. The monoisotopic (exact) mass is 421 g/mol. The number of hydrogen-bond acceptors (Lipinski definition) is 3. The Kier molecular flexibility index (Phi) is 8.91. The van der Waals surface area contributed by atoms with Crippen LogP contribution in [-0.2, 0) is 17.0 Å². The van der Waals surface area contributed by atoms with E-state index < -0.39 is 0 Å². The summed E-state index contributed by atoms with van der Waals surface area (Å²) in [7, 11) is 0. The number of halogens is 1. The van der Waals surface area contributed by atoms with E-state index in [4.69, 9.17) is 4.74 Å². The van der Waals surface area contributed by atoms with Gasteiger partial charge in [0.05, 0.1) is 12.4 Å². The number of nitrogens with one attached hydrogen (secondary N) is 1. The third kappa shape index (κ3) is 7.12.